The number of pyridine rings is 2. The van der Waals surface area contributed by atoms with Gasteiger partial charge < -0.3 is 14.4 Å². The van der Waals surface area contributed by atoms with Crippen LogP contribution in [0.15, 0.2) is 73.1 Å². The molecule has 0 spiro atoms. The van der Waals surface area contributed by atoms with Crippen LogP contribution in [-0.4, -0.2) is 82.7 Å². The molecule has 9 rings (SSSR count). The van der Waals surface area contributed by atoms with E-state index >= 15 is 0 Å². The molecule has 3 saturated heterocycles. The Balaban J connectivity index is 0.973. The number of nitrogens with one attached hydrogen (secondary N) is 1. The summed E-state index contributed by atoms with van der Waals surface area (Å²) in [5.74, 6) is 0. The summed E-state index contributed by atoms with van der Waals surface area (Å²) in [6.07, 6.45) is 9.93. The van der Waals surface area contributed by atoms with E-state index in [1.54, 1.807) is 0 Å². The van der Waals surface area contributed by atoms with Gasteiger partial charge in [0.2, 0.25) is 0 Å². The summed E-state index contributed by atoms with van der Waals surface area (Å²) in [4.78, 5) is 14.7. The monoisotopic (exact) mass is 598 g/mol. The van der Waals surface area contributed by atoms with Gasteiger partial charge in [-0.2, -0.15) is 5.10 Å². The van der Waals surface area contributed by atoms with Gasteiger partial charge in [0.15, 0.2) is 5.65 Å². The van der Waals surface area contributed by atoms with Crippen molar-refractivity contribution in [3.63, 3.8) is 0 Å². The van der Waals surface area contributed by atoms with E-state index in [4.69, 9.17) is 19.4 Å². The number of morpholine rings is 2. The van der Waals surface area contributed by atoms with Gasteiger partial charge in [0.1, 0.15) is 0 Å². The number of benzene rings is 2. The number of aromatic amines is 1. The molecule has 6 heterocycles. The molecule has 8 heteroatoms. The number of aromatic nitrogens is 4. The van der Waals surface area contributed by atoms with Crippen molar-refractivity contribution in [2.45, 2.75) is 50.2 Å². The fourth-order valence-electron chi connectivity index (χ4n) is 8.08. The molecule has 2 aromatic carbocycles. The number of anilines is 1. The Labute approximate surface area is 263 Å². The smallest absolute Gasteiger partial charge is 0.181 e. The summed E-state index contributed by atoms with van der Waals surface area (Å²) in [6, 6.07) is 24.1. The standard InChI is InChI=1S/C37H38N6O2/c1-2-34(42-14-16-44-17-15-42)36(38-13-1)26-6-4-25(5-7-26)35-33-19-29(21-39-37(33)41-40-35)28-8-3-24-9-11-30(12-10-27(24)18-28)43-31-20-32(43)23-45-22-31/h1-8,13,18-19,21,30-32H,9-12,14-17,20,22-23H2,(H,39,40,41)/t30-,31?,32?/m0/s1. The van der Waals surface area contributed by atoms with E-state index in [2.05, 4.69) is 74.6 Å². The molecule has 1 N–H and O–H groups in total. The highest BCUT2D eigenvalue weighted by Crippen LogP contribution is 2.38. The van der Waals surface area contributed by atoms with Gasteiger partial charge in [0, 0.05) is 65.7 Å². The maximum absolute atomic E-state index is 5.76. The van der Waals surface area contributed by atoms with E-state index in [1.807, 2.05) is 18.5 Å². The maximum atomic E-state index is 5.76. The lowest BCUT2D eigenvalue weighted by Gasteiger charge is -2.56. The quantitative estimate of drug-likeness (QED) is 0.252. The Morgan fingerprint density at radius 2 is 1.51 bits per heavy atom. The summed E-state index contributed by atoms with van der Waals surface area (Å²) >= 11 is 0. The summed E-state index contributed by atoms with van der Waals surface area (Å²) in [5.41, 5.74) is 11.4. The van der Waals surface area contributed by atoms with E-state index in [1.165, 1.54) is 36.0 Å². The minimum absolute atomic E-state index is 0.645. The number of aryl methyl sites for hydroxylation is 2. The van der Waals surface area contributed by atoms with Gasteiger partial charge in [-0.25, -0.2) is 4.98 Å². The van der Waals surface area contributed by atoms with E-state index in [0.717, 1.165) is 97.2 Å². The van der Waals surface area contributed by atoms with Crippen LogP contribution in [0.4, 0.5) is 5.69 Å². The lowest BCUT2D eigenvalue weighted by molar-refractivity contribution is -0.148. The van der Waals surface area contributed by atoms with Crippen molar-refractivity contribution < 1.29 is 9.47 Å². The molecule has 0 radical (unpaired) electrons. The maximum Gasteiger partial charge on any atom is 0.181 e. The molecular weight excluding hydrogens is 560 g/mol. The average molecular weight is 599 g/mol. The van der Waals surface area contributed by atoms with Crippen LogP contribution >= 0.6 is 0 Å². The first-order valence-electron chi connectivity index (χ1n) is 16.5. The molecule has 228 valence electrons. The molecule has 45 heavy (non-hydrogen) atoms. The van der Waals surface area contributed by atoms with Crippen LogP contribution in [0.3, 0.4) is 0 Å². The molecule has 3 aliphatic heterocycles. The van der Waals surface area contributed by atoms with Crippen molar-refractivity contribution in [2.24, 2.45) is 0 Å². The minimum Gasteiger partial charge on any atom is -0.378 e. The predicted octanol–water partition coefficient (Wildman–Crippen LogP) is 5.91. The molecule has 3 aromatic heterocycles. The Morgan fingerprint density at radius 1 is 0.733 bits per heavy atom. The first kappa shape index (κ1) is 27.2. The highest BCUT2D eigenvalue weighted by atomic mass is 16.5. The van der Waals surface area contributed by atoms with Crippen molar-refractivity contribution in [3.05, 3.63) is 84.2 Å². The van der Waals surface area contributed by atoms with Gasteiger partial charge in [-0.15, -0.1) is 0 Å². The molecule has 1 aliphatic carbocycles. The van der Waals surface area contributed by atoms with E-state index < -0.39 is 0 Å². The first-order chi connectivity index (χ1) is 22.3. The van der Waals surface area contributed by atoms with Crippen LogP contribution in [0.2, 0.25) is 0 Å². The van der Waals surface area contributed by atoms with Crippen molar-refractivity contribution in [1.29, 1.82) is 0 Å². The highest BCUT2D eigenvalue weighted by Gasteiger charge is 2.45. The molecule has 5 aromatic rings. The van der Waals surface area contributed by atoms with Crippen molar-refractivity contribution in [2.75, 3.05) is 44.4 Å². The fraction of sp³-hybridized carbons (Fsp3) is 0.378. The average Bonchev–Trinajstić information content (AvgIpc) is 3.43. The Hall–Kier alpha value is -4.11. The van der Waals surface area contributed by atoms with Crippen LogP contribution in [0.5, 0.6) is 0 Å². The second kappa shape index (κ2) is 11.4. The molecule has 3 atom stereocenters. The SMILES string of the molecule is c1cnc(-c2ccc(-c3[nH]nc4ncc(-c5ccc6c(c5)CC[C@@H](N5C7COCC5C7)CC6)cc34)cc2)c(N2CCOCC2)c1. The number of ether oxygens (including phenoxy) is 2. The summed E-state index contributed by atoms with van der Waals surface area (Å²) < 4.78 is 11.3. The van der Waals surface area contributed by atoms with Gasteiger partial charge >= 0.3 is 0 Å². The molecule has 0 saturated carbocycles. The number of hydrogen-bond acceptors (Lipinski definition) is 7. The number of H-pyrrole nitrogens is 1. The Kier molecular flexibility index (Phi) is 6.87. The van der Waals surface area contributed by atoms with E-state index in [-0.39, 0.29) is 0 Å². The lowest BCUT2D eigenvalue weighted by atomic mass is 9.87. The van der Waals surface area contributed by atoms with E-state index in [0.29, 0.717) is 18.1 Å². The van der Waals surface area contributed by atoms with Gasteiger partial charge in [0.05, 0.1) is 43.5 Å². The first-order valence-corrected chi connectivity index (χ1v) is 16.5. The molecule has 4 aliphatic rings. The van der Waals surface area contributed by atoms with Crippen LogP contribution in [0, 0.1) is 0 Å². The highest BCUT2D eigenvalue weighted by molar-refractivity contribution is 5.93. The third-order valence-corrected chi connectivity index (χ3v) is 10.5. The fourth-order valence-corrected chi connectivity index (χ4v) is 8.08. The number of nitrogens with zero attached hydrogens (tertiary/aromatic N) is 5. The molecular formula is C37H38N6O2. The zero-order valence-electron chi connectivity index (χ0n) is 25.5. The van der Waals surface area contributed by atoms with Crippen molar-refractivity contribution in [3.8, 4) is 33.6 Å². The van der Waals surface area contributed by atoms with Crippen molar-refractivity contribution in [1.82, 2.24) is 25.1 Å². The lowest BCUT2D eigenvalue weighted by Crippen LogP contribution is -2.66. The molecule has 3 fully saturated rings. The third kappa shape index (κ3) is 4.92. The predicted molar refractivity (Wildman–Crippen MR) is 176 cm³/mol. The normalized spacial score (nSPS) is 23.4. The molecule has 2 bridgehead atoms. The second-order valence-corrected chi connectivity index (χ2v) is 13.0. The number of hydrogen-bond donors (Lipinski definition) is 1. The van der Waals surface area contributed by atoms with Crippen LogP contribution in [0.1, 0.15) is 30.4 Å². The number of rotatable bonds is 5. The zero-order valence-corrected chi connectivity index (χ0v) is 25.5. The molecule has 8 nitrogen and oxygen atoms in total. The van der Waals surface area contributed by atoms with Gasteiger partial charge in [-0.05, 0) is 67.0 Å². The molecule has 0 amide bonds. The van der Waals surface area contributed by atoms with Gasteiger partial charge in [-0.1, -0.05) is 42.5 Å². The van der Waals surface area contributed by atoms with Crippen molar-refractivity contribution >= 4 is 16.7 Å². The largest absolute Gasteiger partial charge is 0.378 e. The van der Waals surface area contributed by atoms with Gasteiger partial charge in [0.25, 0.3) is 0 Å². The summed E-state index contributed by atoms with van der Waals surface area (Å²) in [5, 5.41) is 8.85. The second-order valence-electron chi connectivity index (χ2n) is 13.0. The topological polar surface area (TPSA) is 79.4 Å². The zero-order chi connectivity index (χ0) is 29.7. The van der Waals surface area contributed by atoms with Crippen LogP contribution in [-0.2, 0) is 22.3 Å². The van der Waals surface area contributed by atoms with Gasteiger partial charge in [-0.3, -0.25) is 15.0 Å². The third-order valence-electron chi connectivity index (χ3n) is 10.5. The van der Waals surface area contributed by atoms with Crippen LogP contribution in [0.25, 0.3) is 44.7 Å². The summed E-state index contributed by atoms with van der Waals surface area (Å²) in [6.45, 7) is 5.09. The Bertz CT molecular complexity index is 1830. The summed E-state index contributed by atoms with van der Waals surface area (Å²) in [7, 11) is 0. The minimum atomic E-state index is 0.645. The number of fused-ring (bicyclic) bond motifs is 4. The van der Waals surface area contributed by atoms with Crippen LogP contribution < -0.4 is 4.90 Å². The van der Waals surface area contributed by atoms with E-state index in [9.17, 15) is 0 Å². The Morgan fingerprint density at radius 3 is 2.33 bits per heavy atom. The molecule has 2 unspecified atom stereocenters.